The van der Waals surface area contributed by atoms with E-state index in [0.29, 0.717) is 25.9 Å². The van der Waals surface area contributed by atoms with Crippen molar-refractivity contribution in [1.29, 1.82) is 0 Å². The Bertz CT molecular complexity index is 616. The first-order valence-electron chi connectivity index (χ1n) is 7.34. The number of urea groups is 1. The van der Waals surface area contributed by atoms with Crippen molar-refractivity contribution in [2.24, 2.45) is 5.92 Å². The van der Waals surface area contributed by atoms with Crippen molar-refractivity contribution in [3.63, 3.8) is 0 Å². The molecule has 22 heavy (non-hydrogen) atoms. The second-order valence-corrected chi connectivity index (χ2v) is 7.70. The van der Waals surface area contributed by atoms with E-state index < -0.39 is 9.84 Å². The van der Waals surface area contributed by atoms with Crippen LogP contribution in [0.5, 0.6) is 5.75 Å². The maximum Gasteiger partial charge on any atom is 0.314 e. The largest absolute Gasteiger partial charge is 0.496 e. The summed E-state index contributed by atoms with van der Waals surface area (Å²) in [7, 11) is -1.27. The number of carbonyl (C=O) groups is 1. The molecule has 0 aromatic heterocycles. The lowest BCUT2D eigenvalue weighted by molar-refractivity contribution is 0.239. The van der Waals surface area contributed by atoms with Crippen LogP contribution in [0.4, 0.5) is 4.79 Å². The quantitative estimate of drug-likeness (QED) is 0.816. The molecule has 0 saturated carbocycles. The van der Waals surface area contributed by atoms with Gasteiger partial charge in [0.2, 0.25) is 0 Å². The summed E-state index contributed by atoms with van der Waals surface area (Å²) >= 11 is 0. The lowest BCUT2D eigenvalue weighted by atomic mass is 10.1. The van der Waals surface area contributed by atoms with Crippen molar-refractivity contribution in [3.8, 4) is 5.75 Å². The van der Waals surface area contributed by atoms with E-state index in [2.05, 4.69) is 10.6 Å². The highest BCUT2D eigenvalue weighted by Gasteiger charge is 2.27. The van der Waals surface area contributed by atoms with Gasteiger partial charge in [-0.05, 0) is 30.4 Å². The minimum atomic E-state index is -2.89. The molecule has 1 fully saturated rings. The van der Waals surface area contributed by atoms with Crippen molar-refractivity contribution in [2.75, 3.05) is 31.7 Å². The Morgan fingerprint density at radius 3 is 2.77 bits per heavy atom. The molecule has 1 aromatic rings. The molecule has 0 spiro atoms. The van der Waals surface area contributed by atoms with E-state index in [4.69, 9.17) is 4.74 Å². The van der Waals surface area contributed by atoms with Gasteiger partial charge in [0.1, 0.15) is 5.75 Å². The van der Waals surface area contributed by atoms with E-state index in [1.54, 1.807) is 7.11 Å². The molecule has 7 heteroatoms. The average Bonchev–Trinajstić information content (AvgIpc) is 2.85. The van der Waals surface area contributed by atoms with Crippen molar-refractivity contribution in [2.45, 2.75) is 12.8 Å². The highest BCUT2D eigenvalue weighted by atomic mass is 32.2. The summed E-state index contributed by atoms with van der Waals surface area (Å²) in [5, 5.41) is 5.50. The zero-order valence-electron chi connectivity index (χ0n) is 12.7. The molecule has 0 bridgehead atoms. The summed E-state index contributed by atoms with van der Waals surface area (Å²) in [4.78, 5) is 11.7. The summed E-state index contributed by atoms with van der Waals surface area (Å²) in [5.41, 5.74) is 1.03. The molecule has 122 valence electrons. The van der Waals surface area contributed by atoms with Crippen LogP contribution in [-0.4, -0.2) is 46.2 Å². The van der Waals surface area contributed by atoms with Crippen LogP contribution in [0.15, 0.2) is 24.3 Å². The molecule has 2 amide bonds. The van der Waals surface area contributed by atoms with E-state index in [-0.39, 0.29) is 23.5 Å². The molecule has 1 aliphatic heterocycles. The molecule has 1 atom stereocenters. The van der Waals surface area contributed by atoms with Gasteiger partial charge in [-0.1, -0.05) is 18.2 Å². The Balaban J connectivity index is 1.68. The molecule has 1 saturated heterocycles. The van der Waals surface area contributed by atoms with Crippen molar-refractivity contribution >= 4 is 15.9 Å². The van der Waals surface area contributed by atoms with E-state index in [9.17, 15) is 13.2 Å². The first-order chi connectivity index (χ1) is 10.5. The van der Waals surface area contributed by atoms with Crippen LogP contribution < -0.4 is 15.4 Å². The molecule has 2 N–H and O–H groups in total. The number of amides is 2. The zero-order valence-corrected chi connectivity index (χ0v) is 13.5. The Labute approximate surface area is 131 Å². The number of methoxy groups -OCH3 is 1. The number of carbonyl (C=O) groups excluding carboxylic acids is 1. The summed E-state index contributed by atoms with van der Waals surface area (Å²) in [6, 6.07) is 7.41. The first-order valence-corrected chi connectivity index (χ1v) is 9.16. The number of para-hydroxylation sites is 1. The lowest BCUT2D eigenvalue weighted by Gasteiger charge is -2.12. The van der Waals surface area contributed by atoms with Crippen LogP contribution in [0.2, 0.25) is 0 Å². The maximum atomic E-state index is 11.7. The zero-order chi connectivity index (χ0) is 16.0. The van der Waals surface area contributed by atoms with Crippen molar-refractivity contribution < 1.29 is 17.9 Å². The molecule has 2 rings (SSSR count). The third-order valence-corrected chi connectivity index (χ3v) is 5.59. The standard InChI is InChI=1S/C15H22N2O4S/c1-21-14-5-3-2-4-13(14)6-8-16-15(18)17-10-12-7-9-22(19,20)11-12/h2-5,12H,6-11H2,1H3,(H2,16,17,18)/t12-/m1/s1. The van der Waals surface area contributed by atoms with Gasteiger partial charge in [-0.15, -0.1) is 0 Å². The monoisotopic (exact) mass is 326 g/mol. The topological polar surface area (TPSA) is 84.5 Å². The van der Waals surface area contributed by atoms with E-state index in [1.807, 2.05) is 24.3 Å². The lowest BCUT2D eigenvalue weighted by Crippen LogP contribution is -2.39. The summed E-state index contributed by atoms with van der Waals surface area (Å²) in [5.74, 6) is 1.24. The number of benzene rings is 1. The van der Waals surface area contributed by atoms with Crippen molar-refractivity contribution in [3.05, 3.63) is 29.8 Å². The molecule has 0 radical (unpaired) electrons. The normalized spacial score (nSPS) is 19.6. The number of hydrogen-bond acceptors (Lipinski definition) is 4. The number of sulfone groups is 1. The predicted octanol–water partition coefficient (Wildman–Crippen LogP) is 0.972. The predicted molar refractivity (Wildman–Crippen MR) is 84.9 cm³/mol. The van der Waals surface area contributed by atoms with Gasteiger partial charge in [0.25, 0.3) is 0 Å². The Morgan fingerprint density at radius 2 is 2.09 bits per heavy atom. The third kappa shape index (κ3) is 4.91. The summed E-state index contributed by atoms with van der Waals surface area (Å²) in [6.45, 7) is 0.898. The molecular formula is C15H22N2O4S. The number of nitrogens with one attached hydrogen (secondary N) is 2. The van der Waals surface area contributed by atoms with E-state index in [1.165, 1.54) is 0 Å². The molecule has 0 unspecified atom stereocenters. The van der Waals surface area contributed by atoms with Crippen LogP contribution in [0.1, 0.15) is 12.0 Å². The summed E-state index contributed by atoms with van der Waals surface area (Å²) in [6.07, 6.45) is 1.30. The van der Waals surface area contributed by atoms with Crippen LogP contribution >= 0.6 is 0 Å². The SMILES string of the molecule is COc1ccccc1CCNC(=O)NC[C@H]1CCS(=O)(=O)C1. The smallest absolute Gasteiger partial charge is 0.314 e. The molecule has 1 heterocycles. The second kappa shape index (κ2) is 7.49. The third-order valence-electron chi connectivity index (χ3n) is 3.75. The Morgan fingerprint density at radius 1 is 1.32 bits per heavy atom. The fourth-order valence-corrected chi connectivity index (χ4v) is 4.41. The van der Waals surface area contributed by atoms with Gasteiger partial charge in [0.15, 0.2) is 9.84 Å². The van der Waals surface area contributed by atoms with Crippen LogP contribution in [0.25, 0.3) is 0 Å². The fourth-order valence-electron chi connectivity index (χ4n) is 2.55. The highest BCUT2D eigenvalue weighted by Crippen LogP contribution is 2.18. The van der Waals surface area contributed by atoms with E-state index in [0.717, 1.165) is 11.3 Å². The van der Waals surface area contributed by atoms with Gasteiger partial charge >= 0.3 is 6.03 Å². The molecular weight excluding hydrogens is 304 g/mol. The van der Waals surface area contributed by atoms with Gasteiger partial charge in [-0.2, -0.15) is 0 Å². The molecule has 1 aromatic carbocycles. The van der Waals surface area contributed by atoms with Crippen molar-refractivity contribution in [1.82, 2.24) is 10.6 Å². The molecule has 6 nitrogen and oxygen atoms in total. The van der Waals surface area contributed by atoms with Gasteiger partial charge in [0.05, 0.1) is 18.6 Å². The summed E-state index contributed by atoms with van der Waals surface area (Å²) < 4.78 is 27.9. The van der Waals surface area contributed by atoms with Gasteiger partial charge < -0.3 is 15.4 Å². The average molecular weight is 326 g/mol. The van der Waals surface area contributed by atoms with Crippen LogP contribution in [-0.2, 0) is 16.3 Å². The Hall–Kier alpha value is -1.76. The number of ether oxygens (including phenoxy) is 1. The van der Waals surface area contributed by atoms with E-state index >= 15 is 0 Å². The highest BCUT2D eigenvalue weighted by molar-refractivity contribution is 7.91. The first kappa shape index (κ1) is 16.6. The van der Waals surface area contributed by atoms with Gasteiger partial charge in [0, 0.05) is 13.1 Å². The van der Waals surface area contributed by atoms with Crippen LogP contribution in [0.3, 0.4) is 0 Å². The molecule has 0 aliphatic carbocycles. The maximum absolute atomic E-state index is 11.7. The number of rotatable bonds is 6. The second-order valence-electron chi connectivity index (χ2n) is 5.47. The minimum Gasteiger partial charge on any atom is -0.496 e. The number of hydrogen-bond donors (Lipinski definition) is 2. The van der Waals surface area contributed by atoms with Gasteiger partial charge in [-0.3, -0.25) is 0 Å². The Kier molecular flexibility index (Phi) is 5.65. The van der Waals surface area contributed by atoms with Gasteiger partial charge in [-0.25, -0.2) is 13.2 Å². The minimum absolute atomic E-state index is 0.0324. The molecule has 1 aliphatic rings. The fraction of sp³-hybridized carbons (Fsp3) is 0.533. The van der Waals surface area contributed by atoms with Crippen LogP contribution in [0, 0.1) is 5.92 Å².